The van der Waals surface area contributed by atoms with E-state index in [-0.39, 0.29) is 0 Å². The van der Waals surface area contributed by atoms with Gasteiger partial charge in [-0.1, -0.05) is 22.0 Å². The van der Waals surface area contributed by atoms with Gasteiger partial charge in [0.25, 0.3) is 0 Å². The molecule has 0 N–H and O–H groups in total. The Labute approximate surface area is 80.1 Å². The van der Waals surface area contributed by atoms with E-state index in [1.54, 1.807) is 0 Å². The van der Waals surface area contributed by atoms with Gasteiger partial charge < -0.3 is 4.74 Å². The monoisotopic (exact) mass is 227 g/mol. The lowest BCUT2D eigenvalue weighted by atomic mass is 10.1. The molecule has 0 aliphatic carbocycles. The second-order valence-electron chi connectivity index (χ2n) is 2.95. The third kappa shape index (κ3) is 1.33. The maximum atomic E-state index is 5.43. The van der Waals surface area contributed by atoms with Crippen molar-refractivity contribution in [3.05, 3.63) is 23.4 Å². The van der Waals surface area contributed by atoms with Gasteiger partial charge in [0.15, 0.2) is 0 Å². The molecule has 0 bridgehead atoms. The molecular weight excluding hydrogens is 218 g/mol. The van der Waals surface area contributed by atoms with Crippen molar-refractivity contribution in [2.24, 2.45) is 0 Å². The molecule has 1 aromatic rings. The van der Waals surface area contributed by atoms with Crippen molar-refractivity contribution < 1.29 is 4.74 Å². The van der Waals surface area contributed by atoms with Crippen molar-refractivity contribution in [1.82, 2.24) is 4.98 Å². The highest BCUT2D eigenvalue weighted by Gasteiger charge is 2.19. The number of halogens is 1. The first-order valence-corrected chi connectivity index (χ1v) is 4.93. The number of pyridine rings is 1. The van der Waals surface area contributed by atoms with Gasteiger partial charge in [-0.3, -0.25) is 0 Å². The first-order chi connectivity index (χ1) is 5.77. The van der Waals surface area contributed by atoms with Gasteiger partial charge in [-0.15, -0.1) is 0 Å². The molecule has 2 rings (SSSR count). The largest absolute Gasteiger partial charge is 0.477 e. The van der Waals surface area contributed by atoms with Gasteiger partial charge >= 0.3 is 0 Å². The Morgan fingerprint density at radius 1 is 1.58 bits per heavy atom. The average molecular weight is 228 g/mol. The van der Waals surface area contributed by atoms with E-state index in [0.717, 1.165) is 24.6 Å². The van der Waals surface area contributed by atoms with Gasteiger partial charge in [-0.25, -0.2) is 4.98 Å². The topological polar surface area (TPSA) is 22.1 Å². The second-order valence-corrected chi connectivity index (χ2v) is 4.06. The first kappa shape index (κ1) is 8.05. The molecular formula is C9H10BrNO. The van der Waals surface area contributed by atoms with Crippen LogP contribution in [-0.4, -0.2) is 11.6 Å². The summed E-state index contributed by atoms with van der Waals surface area (Å²) in [6, 6.07) is 4.10. The lowest BCUT2D eigenvalue weighted by Crippen LogP contribution is -2.11. The molecule has 2 heterocycles. The van der Waals surface area contributed by atoms with Gasteiger partial charge in [-0.05, 0) is 19.4 Å². The summed E-state index contributed by atoms with van der Waals surface area (Å²) in [6.07, 6.45) is 1.03. The number of aromatic nitrogens is 1. The molecule has 1 atom stereocenters. The molecule has 0 amide bonds. The fraction of sp³-hybridized carbons (Fsp3) is 0.444. The molecule has 0 spiro atoms. The predicted molar refractivity (Wildman–Crippen MR) is 50.8 cm³/mol. The maximum Gasteiger partial charge on any atom is 0.217 e. The summed E-state index contributed by atoms with van der Waals surface area (Å²) < 4.78 is 5.43. The standard InChI is InChI=1S/C9H10BrNO/c1-6-2-3-7-8(10)4-5-12-9(7)11-6/h2-3,8H,4-5H2,1H3. The third-order valence-corrected chi connectivity index (χ3v) is 2.93. The van der Waals surface area contributed by atoms with Crippen LogP contribution in [0.3, 0.4) is 0 Å². The molecule has 1 unspecified atom stereocenters. The van der Waals surface area contributed by atoms with Crippen molar-refractivity contribution in [2.45, 2.75) is 18.2 Å². The van der Waals surface area contributed by atoms with Crippen LogP contribution in [0.15, 0.2) is 12.1 Å². The molecule has 64 valence electrons. The Hall–Kier alpha value is -0.570. The minimum Gasteiger partial charge on any atom is -0.477 e. The lowest BCUT2D eigenvalue weighted by Gasteiger charge is -2.20. The van der Waals surface area contributed by atoms with E-state index >= 15 is 0 Å². The van der Waals surface area contributed by atoms with Crippen LogP contribution in [0.5, 0.6) is 5.88 Å². The van der Waals surface area contributed by atoms with Crippen LogP contribution < -0.4 is 4.74 Å². The molecule has 12 heavy (non-hydrogen) atoms. The van der Waals surface area contributed by atoms with E-state index < -0.39 is 0 Å². The smallest absolute Gasteiger partial charge is 0.217 e. The average Bonchev–Trinajstić information content (AvgIpc) is 2.04. The summed E-state index contributed by atoms with van der Waals surface area (Å²) in [5, 5.41) is 0. The van der Waals surface area contributed by atoms with Crippen molar-refractivity contribution >= 4 is 15.9 Å². The summed E-state index contributed by atoms with van der Waals surface area (Å²) in [5.74, 6) is 0.795. The number of hydrogen-bond acceptors (Lipinski definition) is 2. The van der Waals surface area contributed by atoms with Gasteiger partial charge in [0, 0.05) is 16.1 Å². The maximum absolute atomic E-state index is 5.43. The summed E-state index contributed by atoms with van der Waals surface area (Å²) in [6.45, 7) is 2.74. The molecule has 2 nitrogen and oxygen atoms in total. The molecule has 0 fully saturated rings. The van der Waals surface area contributed by atoms with Gasteiger partial charge in [0.2, 0.25) is 5.88 Å². The van der Waals surface area contributed by atoms with Crippen molar-refractivity contribution in [3.8, 4) is 5.88 Å². The summed E-state index contributed by atoms with van der Waals surface area (Å²) >= 11 is 3.59. The molecule has 1 aliphatic heterocycles. The number of fused-ring (bicyclic) bond motifs is 1. The van der Waals surface area contributed by atoms with Crippen molar-refractivity contribution in [3.63, 3.8) is 0 Å². The Bertz CT molecular complexity index is 301. The van der Waals surface area contributed by atoms with Crippen LogP contribution in [0.4, 0.5) is 0 Å². The number of ether oxygens (including phenoxy) is 1. The molecule has 0 aromatic carbocycles. The highest BCUT2D eigenvalue weighted by molar-refractivity contribution is 9.09. The van der Waals surface area contributed by atoms with E-state index in [1.807, 2.05) is 13.0 Å². The fourth-order valence-corrected chi connectivity index (χ4v) is 1.85. The van der Waals surface area contributed by atoms with E-state index in [1.165, 1.54) is 5.56 Å². The van der Waals surface area contributed by atoms with E-state index in [0.29, 0.717) is 4.83 Å². The van der Waals surface area contributed by atoms with Crippen LogP contribution in [0.2, 0.25) is 0 Å². The third-order valence-electron chi connectivity index (χ3n) is 1.98. The highest BCUT2D eigenvalue weighted by Crippen LogP contribution is 2.35. The number of nitrogens with zero attached hydrogens (tertiary/aromatic N) is 1. The van der Waals surface area contributed by atoms with Gasteiger partial charge in [0.1, 0.15) is 0 Å². The van der Waals surface area contributed by atoms with Gasteiger partial charge in [-0.2, -0.15) is 0 Å². The molecule has 0 radical (unpaired) electrons. The quantitative estimate of drug-likeness (QED) is 0.636. The van der Waals surface area contributed by atoms with E-state index in [4.69, 9.17) is 4.74 Å². The van der Waals surface area contributed by atoms with Crippen molar-refractivity contribution in [2.75, 3.05) is 6.61 Å². The van der Waals surface area contributed by atoms with Gasteiger partial charge in [0.05, 0.1) is 6.61 Å². The number of alkyl halides is 1. The first-order valence-electron chi connectivity index (χ1n) is 4.02. The summed E-state index contributed by atoms with van der Waals surface area (Å²) in [4.78, 5) is 4.72. The van der Waals surface area contributed by atoms with E-state index in [9.17, 15) is 0 Å². The minimum atomic E-state index is 0.411. The minimum absolute atomic E-state index is 0.411. The van der Waals surface area contributed by atoms with Crippen LogP contribution in [0.1, 0.15) is 22.5 Å². The predicted octanol–water partition coefficient (Wildman–Crippen LogP) is 2.61. The second kappa shape index (κ2) is 3.05. The van der Waals surface area contributed by atoms with Crippen LogP contribution in [0.25, 0.3) is 0 Å². The highest BCUT2D eigenvalue weighted by atomic mass is 79.9. The Kier molecular flexibility index (Phi) is 2.05. The molecule has 0 saturated heterocycles. The molecule has 1 aliphatic rings. The number of aryl methyl sites for hydroxylation is 1. The van der Waals surface area contributed by atoms with Crippen LogP contribution >= 0.6 is 15.9 Å². The summed E-state index contributed by atoms with van der Waals surface area (Å²) in [5.41, 5.74) is 2.18. The number of hydrogen-bond donors (Lipinski definition) is 0. The zero-order valence-electron chi connectivity index (χ0n) is 6.88. The Balaban J connectivity index is 2.46. The van der Waals surface area contributed by atoms with Crippen molar-refractivity contribution in [1.29, 1.82) is 0 Å². The summed E-state index contributed by atoms with van der Waals surface area (Å²) in [7, 11) is 0. The van der Waals surface area contributed by atoms with Crippen LogP contribution in [0, 0.1) is 6.92 Å². The SMILES string of the molecule is Cc1ccc2c(n1)OCCC2Br. The normalized spacial score (nSPS) is 21.3. The molecule has 3 heteroatoms. The fourth-order valence-electron chi connectivity index (χ4n) is 1.31. The Morgan fingerprint density at radius 2 is 2.42 bits per heavy atom. The van der Waals surface area contributed by atoms with E-state index in [2.05, 4.69) is 27.0 Å². The molecule has 1 aromatic heterocycles. The number of rotatable bonds is 0. The lowest BCUT2D eigenvalue weighted by molar-refractivity contribution is 0.275. The zero-order chi connectivity index (χ0) is 8.55. The zero-order valence-corrected chi connectivity index (χ0v) is 8.47. The molecule has 0 saturated carbocycles. The Morgan fingerprint density at radius 3 is 3.25 bits per heavy atom. The van der Waals surface area contributed by atoms with Crippen LogP contribution in [-0.2, 0) is 0 Å².